The van der Waals surface area contributed by atoms with E-state index in [0.29, 0.717) is 29.1 Å². The first-order valence-electron chi connectivity index (χ1n) is 7.86. The van der Waals surface area contributed by atoms with Gasteiger partial charge in [0.25, 0.3) is 11.8 Å². The van der Waals surface area contributed by atoms with Gasteiger partial charge in [-0.15, -0.1) is 11.3 Å². The molecule has 0 aliphatic rings. The van der Waals surface area contributed by atoms with Crippen LogP contribution in [0.25, 0.3) is 0 Å². The monoisotopic (exact) mass is 351 g/mol. The predicted molar refractivity (Wildman–Crippen MR) is 99.0 cm³/mol. The van der Waals surface area contributed by atoms with Crippen LogP contribution in [0.15, 0.2) is 66.2 Å². The molecule has 0 saturated heterocycles. The van der Waals surface area contributed by atoms with Gasteiger partial charge in [-0.25, -0.2) is 0 Å². The van der Waals surface area contributed by atoms with Crippen molar-refractivity contribution in [2.24, 2.45) is 0 Å². The fraction of sp³-hybridized carbons (Fsp3) is 0.105. The van der Waals surface area contributed by atoms with Crippen LogP contribution in [0.2, 0.25) is 0 Å². The van der Waals surface area contributed by atoms with Crippen molar-refractivity contribution < 1.29 is 9.59 Å². The zero-order valence-corrected chi connectivity index (χ0v) is 14.3. The summed E-state index contributed by atoms with van der Waals surface area (Å²) in [4.78, 5) is 29.5. The fourth-order valence-corrected chi connectivity index (χ4v) is 2.95. The maximum Gasteiger partial charge on any atom is 0.265 e. The SMILES string of the molecule is O=C(Nc1ccccc1C(=O)NCCc1ccccn1)c1cccs1. The average Bonchev–Trinajstić information content (AvgIpc) is 3.18. The van der Waals surface area contributed by atoms with Crippen LogP contribution in [0, 0.1) is 0 Å². The zero-order chi connectivity index (χ0) is 17.5. The summed E-state index contributed by atoms with van der Waals surface area (Å²) >= 11 is 1.36. The third-order valence-corrected chi connectivity index (χ3v) is 4.43. The predicted octanol–water partition coefficient (Wildman–Crippen LogP) is 3.37. The molecule has 3 aromatic rings. The van der Waals surface area contributed by atoms with Gasteiger partial charge >= 0.3 is 0 Å². The third-order valence-electron chi connectivity index (χ3n) is 3.56. The van der Waals surface area contributed by atoms with Crippen LogP contribution in [0.4, 0.5) is 5.69 Å². The summed E-state index contributed by atoms with van der Waals surface area (Å²) < 4.78 is 0. The van der Waals surface area contributed by atoms with E-state index in [1.54, 1.807) is 36.5 Å². The second-order valence-electron chi connectivity index (χ2n) is 5.30. The molecule has 2 aromatic heterocycles. The van der Waals surface area contributed by atoms with Gasteiger partial charge in [0.05, 0.1) is 16.1 Å². The first kappa shape index (κ1) is 16.9. The van der Waals surface area contributed by atoms with E-state index in [2.05, 4.69) is 15.6 Å². The highest BCUT2D eigenvalue weighted by atomic mass is 32.1. The van der Waals surface area contributed by atoms with E-state index in [0.717, 1.165) is 5.69 Å². The molecule has 25 heavy (non-hydrogen) atoms. The van der Waals surface area contributed by atoms with Gasteiger partial charge in [0.1, 0.15) is 0 Å². The van der Waals surface area contributed by atoms with Crippen LogP contribution >= 0.6 is 11.3 Å². The molecule has 0 atom stereocenters. The van der Waals surface area contributed by atoms with E-state index in [4.69, 9.17) is 0 Å². The van der Waals surface area contributed by atoms with Crippen LogP contribution in [-0.4, -0.2) is 23.3 Å². The molecule has 0 aliphatic heterocycles. The molecule has 1 aromatic carbocycles. The van der Waals surface area contributed by atoms with E-state index < -0.39 is 0 Å². The number of amides is 2. The van der Waals surface area contributed by atoms with Crippen LogP contribution < -0.4 is 10.6 Å². The molecule has 6 heteroatoms. The largest absolute Gasteiger partial charge is 0.352 e. The molecule has 3 rings (SSSR count). The van der Waals surface area contributed by atoms with Crippen molar-refractivity contribution in [3.63, 3.8) is 0 Å². The lowest BCUT2D eigenvalue weighted by Crippen LogP contribution is -2.27. The molecule has 2 N–H and O–H groups in total. The van der Waals surface area contributed by atoms with Gasteiger partial charge in [-0.1, -0.05) is 24.3 Å². The lowest BCUT2D eigenvalue weighted by atomic mass is 10.1. The van der Waals surface area contributed by atoms with E-state index in [1.807, 2.05) is 29.6 Å². The minimum Gasteiger partial charge on any atom is -0.352 e. The molecule has 0 aliphatic carbocycles. The van der Waals surface area contributed by atoms with Crippen molar-refractivity contribution in [1.82, 2.24) is 10.3 Å². The van der Waals surface area contributed by atoms with Crippen molar-refractivity contribution >= 4 is 28.8 Å². The number of carbonyl (C=O) groups is 2. The molecule has 5 nitrogen and oxygen atoms in total. The highest BCUT2D eigenvalue weighted by molar-refractivity contribution is 7.12. The normalized spacial score (nSPS) is 10.2. The van der Waals surface area contributed by atoms with E-state index in [-0.39, 0.29) is 11.8 Å². The summed E-state index contributed by atoms with van der Waals surface area (Å²) in [5.41, 5.74) is 1.85. The second-order valence-corrected chi connectivity index (χ2v) is 6.25. The van der Waals surface area contributed by atoms with Crippen LogP contribution in [0.1, 0.15) is 25.7 Å². The molecular formula is C19H17N3O2S. The standard InChI is InChI=1S/C19H17N3O2S/c23-18(21-12-10-14-6-3-4-11-20-14)15-7-1-2-8-16(15)22-19(24)17-9-5-13-25-17/h1-9,11,13H,10,12H2,(H,21,23)(H,22,24). The topological polar surface area (TPSA) is 71.1 Å². The number of nitrogens with one attached hydrogen (secondary N) is 2. The Balaban J connectivity index is 1.63. The third kappa shape index (κ3) is 4.51. The van der Waals surface area contributed by atoms with Gasteiger partial charge in [0.2, 0.25) is 0 Å². The highest BCUT2D eigenvalue weighted by Crippen LogP contribution is 2.18. The molecule has 0 fully saturated rings. The second kappa shape index (κ2) is 8.21. The fourth-order valence-electron chi connectivity index (χ4n) is 2.33. The first-order valence-corrected chi connectivity index (χ1v) is 8.74. The summed E-state index contributed by atoms with van der Waals surface area (Å²) in [6, 6.07) is 16.2. The number of anilines is 1. The Hall–Kier alpha value is -2.99. The molecule has 0 spiro atoms. The van der Waals surface area contributed by atoms with Gasteiger partial charge < -0.3 is 10.6 Å². The van der Waals surface area contributed by atoms with Crippen molar-refractivity contribution in [1.29, 1.82) is 0 Å². The van der Waals surface area contributed by atoms with Gasteiger partial charge in [0, 0.05) is 24.9 Å². The molecular weight excluding hydrogens is 334 g/mol. The molecule has 0 bridgehead atoms. The number of hydrogen-bond donors (Lipinski definition) is 2. The number of para-hydroxylation sites is 1. The van der Waals surface area contributed by atoms with Gasteiger partial charge in [-0.05, 0) is 35.7 Å². The molecule has 0 saturated carbocycles. The van der Waals surface area contributed by atoms with E-state index in [1.165, 1.54) is 11.3 Å². The van der Waals surface area contributed by atoms with Crippen molar-refractivity contribution in [2.75, 3.05) is 11.9 Å². The van der Waals surface area contributed by atoms with Crippen LogP contribution in [0.3, 0.4) is 0 Å². The summed E-state index contributed by atoms with van der Waals surface area (Å²) in [5, 5.41) is 7.51. The van der Waals surface area contributed by atoms with Gasteiger partial charge in [-0.3, -0.25) is 14.6 Å². The Bertz CT molecular complexity index is 848. The van der Waals surface area contributed by atoms with Crippen LogP contribution in [0.5, 0.6) is 0 Å². The van der Waals surface area contributed by atoms with Crippen LogP contribution in [-0.2, 0) is 6.42 Å². The van der Waals surface area contributed by atoms with Crippen molar-refractivity contribution in [2.45, 2.75) is 6.42 Å². The number of rotatable bonds is 6. The minimum atomic E-state index is -0.224. The number of thiophene rings is 1. The Morgan fingerprint density at radius 2 is 1.80 bits per heavy atom. The van der Waals surface area contributed by atoms with Crippen molar-refractivity contribution in [3.8, 4) is 0 Å². The summed E-state index contributed by atoms with van der Waals surface area (Å²) in [6.45, 7) is 0.475. The summed E-state index contributed by atoms with van der Waals surface area (Å²) in [6.07, 6.45) is 2.38. The highest BCUT2D eigenvalue weighted by Gasteiger charge is 2.14. The molecule has 2 heterocycles. The molecule has 0 radical (unpaired) electrons. The molecule has 126 valence electrons. The number of hydrogen-bond acceptors (Lipinski definition) is 4. The lowest BCUT2D eigenvalue weighted by molar-refractivity contribution is 0.0955. The van der Waals surface area contributed by atoms with E-state index >= 15 is 0 Å². The number of pyridine rings is 1. The Morgan fingerprint density at radius 3 is 2.56 bits per heavy atom. The molecule has 0 unspecified atom stereocenters. The molecule has 2 amide bonds. The quantitative estimate of drug-likeness (QED) is 0.715. The maximum atomic E-state index is 12.4. The Morgan fingerprint density at radius 1 is 0.960 bits per heavy atom. The number of nitrogens with zero attached hydrogens (tertiary/aromatic N) is 1. The first-order chi connectivity index (χ1) is 12.2. The van der Waals surface area contributed by atoms with Gasteiger partial charge in [-0.2, -0.15) is 0 Å². The number of benzene rings is 1. The minimum absolute atomic E-state index is 0.219. The van der Waals surface area contributed by atoms with Crippen molar-refractivity contribution in [3.05, 3.63) is 82.3 Å². The Kier molecular flexibility index (Phi) is 5.53. The smallest absolute Gasteiger partial charge is 0.265 e. The van der Waals surface area contributed by atoms with E-state index in [9.17, 15) is 9.59 Å². The zero-order valence-electron chi connectivity index (χ0n) is 13.4. The van der Waals surface area contributed by atoms with Gasteiger partial charge in [0.15, 0.2) is 0 Å². The number of carbonyl (C=O) groups excluding carboxylic acids is 2. The average molecular weight is 351 g/mol. The number of aromatic nitrogens is 1. The maximum absolute atomic E-state index is 12.4. The summed E-state index contributed by atoms with van der Waals surface area (Å²) in [5.74, 6) is -0.443. The lowest BCUT2D eigenvalue weighted by Gasteiger charge is -2.11. The summed E-state index contributed by atoms with van der Waals surface area (Å²) in [7, 11) is 0. The Labute approximate surface area is 149 Å².